The van der Waals surface area contributed by atoms with Gasteiger partial charge in [0.05, 0.1) is 0 Å². The molecular weight excluding hydrogens is 246 g/mol. The van der Waals surface area contributed by atoms with Crippen LogP contribution in [-0.2, 0) is 0 Å². The molecule has 0 aromatic heterocycles. The molecule has 94 valence electrons. The van der Waals surface area contributed by atoms with E-state index in [-0.39, 0.29) is 5.78 Å². The van der Waals surface area contributed by atoms with Gasteiger partial charge in [-0.15, -0.1) is 0 Å². The molecule has 0 saturated heterocycles. The van der Waals surface area contributed by atoms with Crippen LogP contribution in [-0.4, -0.2) is 5.78 Å². The number of halogens is 2. The Hall–Kier alpha value is -2.29. The van der Waals surface area contributed by atoms with E-state index in [2.05, 4.69) is 0 Å². The summed E-state index contributed by atoms with van der Waals surface area (Å²) < 4.78 is 26.6. The average Bonchev–Trinajstić information content (AvgIpc) is 2.65. The van der Waals surface area contributed by atoms with E-state index >= 15 is 0 Å². The van der Waals surface area contributed by atoms with Crippen LogP contribution in [0.1, 0.15) is 27.0 Å². The number of aryl methyl sites for hydroxylation is 1. The normalized spacial score (nSPS) is 13.4. The van der Waals surface area contributed by atoms with Crippen LogP contribution >= 0.6 is 0 Å². The molecule has 2 aromatic rings. The van der Waals surface area contributed by atoms with Crippen molar-refractivity contribution in [3.8, 4) is 0 Å². The van der Waals surface area contributed by atoms with Crippen LogP contribution in [0.2, 0.25) is 0 Å². The second-order valence-corrected chi connectivity index (χ2v) is 4.63. The summed E-state index contributed by atoms with van der Waals surface area (Å²) in [4.78, 5) is 11.9. The first-order valence-electron chi connectivity index (χ1n) is 5.88. The molecule has 0 atom stereocenters. The van der Waals surface area contributed by atoms with Crippen LogP contribution in [0.4, 0.5) is 8.78 Å². The predicted octanol–water partition coefficient (Wildman–Crippen LogP) is 3.90. The van der Waals surface area contributed by atoms with Crippen LogP contribution in [0.25, 0.3) is 5.57 Å². The lowest BCUT2D eigenvalue weighted by atomic mass is 9.97. The zero-order valence-electron chi connectivity index (χ0n) is 10.2. The van der Waals surface area contributed by atoms with Gasteiger partial charge in [-0.25, -0.2) is 8.78 Å². The van der Waals surface area contributed by atoms with E-state index in [0.717, 1.165) is 17.2 Å². The molecule has 3 rings (SSSR count). The highest BCUT2D eigenvalue weighted by Gasteiger charge is 2.22. The molecule has 2 aromatic carbocycles. The molecule has 0 unspecified atom stereocenters. The van der Waals surface area contributed by atoms with Crippen LogP contribution in [0.5, 0.6) is 0 Å². The van der Waals surface area contributed by atoms with E-state index < -0.39 is 11.6 Å². The lowest BCUT2D eigenvalue weighted by molar-refractivity contribution is 0.105. The van der Waals surface area contributed by atoms with Crippen LogP contribution in [0, 0.1) is 18.6 Å². The molecular formula is C16H10F2O. The highest BCUT2D eigenvalue weighted by Crippen LogP contribution is 2.33. The Morgan fingerprint density at radius 2 is 1.58 bits per heavy atom. The Bertz CT molecular complexity index is 709. The fraction of sp³-hybridized carbons (Fsp3) is 0.0625. The summed E-state index contributed by atoms with van der Waals surface area (Å²) in [5, 5.41) is 0. The Labute approximate surface area is 109 Å². The van der Waals surface area contributed by atoms with E-state index in [0.29, 0.717) is 16.7 Å². The molecule has 1 aliphatic rings. The Morgan fingerprint density at radius 1 is 0.895 bits per heavy atom. The van der Waals surface area contributed by atoms with Gasteiger partial charge in [0.2, 0.25) is 0 Å². The SMILES string of the molecule is Cc1ccc2c(c1)C(c1cc(F)cc(F)c1)=CC2=O. The van der Waals surface area contributed by atoms with Gasteiger partial charge in [-0.1, -0.05) is 23.8 Å². The minimum Gasteiger partial charge on any atom is -0.289 e. The zero-order valence-corrected chi connectivity index (χ0v) is 10.2. The van der Waals surface area contributed by atoms with Crippen molar-refractivity contribution in [1.29, 1.82) is 0 Å². The molecule has 0 heterocycles. The first kappa shape index (κ1) is 11.8. The van der Waals surface area contributed by atoms with E-state index in [1.807, 2.05) is 19.1 Å². The summed E-state index contributed by atoms with van der Waals surface area (Å²) >= 11 is 0. The van der Waals surface area contributed by atoms with Crippen molar-refractivity contribution in [2.45, 2.75) is 6.92 Å². The molecule has 1 aliphatic carbocycles. The van der Waals surface area contributed by atoms with Crippen molar-refractivity contribution < 1.29 is 13.6 Å². The monoisotopic (exact) mass is 256 g/mol. The predicted molar refractivity (Wildman–Crippen MR) is 68.9 cm³/mol. The second-order valence-electron chi connectivity index (χ2n) is 4.63. The topological polar surface area (TPSA) is 17.1 Å². The van der Waals surface area contributed by atoms with Gasteiger partial charge in [-0.2, -0.15) is 0 Å². The number of carbonyl (C=O) groups excluding carboxylic acids is 1. The molecule has 3 heteroatoms. The number of carbonyl (C=O) groups is 1. The maximum Gasteiger partial charge on any atom is 0.187 e. The largest absolute Gasteiger partial charge is 0.289 e. The van der Waals surface area contributed by atoms with E-state index in [4.69, 9.17) is 0 Å². The number of benzene rings is 2. The minimum absolute atomic E-state index is 0.130. The van der Waals surface area contributed by atoms with Crippen molar-refractivity contribution in [1.82, 2.24) is 0 Å². The Morgan fingerprint density at radius 3 is 2.26 bits per heavy atom. The number of ketones is 1. The lowest BCUT2D eigenvalue weighted by Crippen LogP contribution is -1.93. The summed E-state index contributed by atoms with van der Waals surface area (Å²) in [6, 6.07) is 8.73. The fourth-order valence-electron chi connectivity index (χ4n) is 2.33. The molecule has 19 heavy (non-hydrogen) atoms. The van der Waals surface area contributed by atoms with Gasteiger partial charge in [0.1, 0.15) is 11.6 Å². The number of hydrogen-bond acceptors (Lipinski definition) is 1. The van der Waals surface area contributed by atoms with Gasteiger partial charge in [-0.05, 0) is 41.8 Å². The van der Waals surface area contributed by atoms with E-state index in [9.17, 15) is 13.6 Å². The van der Waals surface area contributed by atoms with Gasteiger partial charge in [-0.3, -0.25) is 4.79 Å². The van der Waals surface area contributed by atoms with Crippen LogP contribution < -0.4 is 0 Å². The number of allylic oxidation sites excluding steroid dienone is 1. The molecule has 0 aliphatic heterocycles. The molecule has 0 N–H and O–H groups in total. The number of fused-ring (bicyclic) bond motifs is 1. The van der Waals surface area contributed by atoms with Gasteiger partial charge in [0, 0.05) is 11.6 Å². The summed E-state index contributed by atoms with van der Waals surface area (Å²) in [7, 11) is 0. The third-order valence-corrected chi connectivity index (χ3v) is 3.18. The van der Waals surface area contributed by atoms with Gasteiger partial charge < -0.3 is 0 Å². The number of hydrogen-bond donors (Lipinski definition) is 0. The van der Waals surface area contributed by atoms with Crippen LogP contribution in [0.3, 0.4) is 0 Å². The third kappa shape index (κ3) is 1.97. The summed E-state index contributed by atoms with van der Waals surface area (Å²) in [5.74, 6) is -1.43. The molecule has 1 nitrogen and oxygen atoms in total. The van der Waals surface area contributed by atoms with E-state index in [1.54, 1.807) is 6.07 Å². The van der Waals surface area contributed by atoms with Crippen molar-refractivity contribution in [2.75, 3.05) is 0 Å². The maximum atomic E-state index is 13.3. The summed E-state index contributed by atoms with van der Waals surface area (Å²) in [5.41, 5.74) is 3.26. The molecule has 0 spiro atoms. The quantitative estimate of drug-likeness (QED) is 0.756. The highest BCUT2D eigenvalue weighted by molar-refractivity contribution is 6.18. The Kier molecular flexibility index (Phi) is 2.56. The van der Waals surface area contributed by atoms with Gasteiger partial charge in [0.25, 0.3) is 0 Å². The maximum absolute atomic E-state index is 13.3. The first-order valence-corrected chi connectivity index (χ1v) is 5.88. The highest BCUT2D eigenvalue weighted by atomic mass is 19.1. The lowest BCUT2D eigenvalue weighted by Gasteiger charge is -2.07. The summed E-state index contributed by atoms with van der Waals surface area (Å²) in [6.07, 6.45) is 1.43. The molecule has 0 saturated carbocycles. The van der Waals surface area contributed by atoms with Gasteiger partial charge in [0.15, 0.2) is 5.78 Å². The standard InChI is InChI=1S/C16H10F2O/c1-9-2-3-13-15(4-9)14(8-16(13)19)10-5-11(17)7-12(18)6-10/h2-8H,1H3. The van der Waals surface area contributed by atoms with E-state index in [1.165, 1.54) is 18.2 Å². The molecule has 0 amide bonds. The number of rotatable bonds is 1. The first-order chi connectivity index (χ1) is 9.04. The summed E-state index contributed by atoms with van der Waals surface area (Å²) in [6.45, 7) is 1.91. The third-order valence-electron chi connectivity index (χ3n) is 3.18. The zero-order chi connectivity index (χ0) is 13.6. The molecule has 0 bridgehead atoms. The van der Waals surface area contributed by atoms with Crippen molar-refractivity contribution in [2.24, 2.45) is 0 Å². The Balaban J connectivity index is 2.20. The second kappa shape index (κ2) is 4.12. The fourth-order valence-corrected chi connectivity index (χ4v) is 2.33. The molecule has 0 radical (unpaired) electrons. The van der Waals surface area contributed by atoms with Crippen molar-refractivity contribution in [3.63, 3.8) is 0 Å². The van der Waals surface area contributed by atoms with Crippen LogP contribution in [0.15, 0.2) is 42.5 Å². The molecule has 0 fully saturated rings. The smallest absolute Gasteiger partial charge is 0.187 e. The average molecular weight is 256 g/mol. The minimum atomic E-state index is -0.649. The van der Waals surface area contributed by atoms with Crippen molar-refractivity contribution >= 4 is 11.4 Å². The van der Waals surface area contributed by atoms with Crippen molar-refractivity contribution in [3.05, 3.63) is 76.4 Å². The van der Waals surface area contributed by atoms with Gasteiger partial charge >= 0.3 is 0 Å².